The van der Waals surface area contributed by atoms with E-state index in [1.165, 1.54) is 6.07 Å². The second-order valence-corrected chi connectivity index (χ2v) is 6.62. The quantitative estimate of drug-likeness (QED) is 0.758. The van der Waals surface area contributed by atoms with Gasteiger partial charge in [-0.2, -0.15) is 4.72 Å². The molecule has 0 spiro atoms. The molecule has 0 aliphatic carbocycles. The van der Waals surface area contributed by atoms with Crippen molar-refractivity contribution in [3.05, 3.63) is 24.0 Å². The fourth-order valence-electron chi connectivity index (χ4n) is 1.93. The summed E-state index contributed by atoms with van der Waals surface area (Å²) in [6.45, 7) is 0.736. The van der Waals surface area contributed by atoms with Crippen LogP contribution in [0.3, 0.4) is 0 Å². The summed E-state index contributed by atoms with van der Waals surface area (Å²) in [5, 5.41) is 8.46. The van der Waals surface area contributed by atoms with E-state index in [-0.39, 0.29) is 16.6 Å². The van der Waals surface area contributed by atoms with E-state index in [1.807, 2.05) is 4.72 Å². The Morgan fingerprint density at radius 2 is 2.27 bits per heavy atom. The van der Waals surface area contributed by atoms with Crippen LogP contribution in [-0.2, 0) is 19.6 Å². The van der Waals surface area contributed by atoms with Crippen LogP contribution in [0, 0.1) is 11.7 Å². The number of rotatable bonds is 7. The van der Waals surface area contributed by atoms with Crippen molar-refractivity contribution in [3.8, 4) is 5.75 Å². The molecule has 122 valence electrons. The Morgan fingerprint density at radius 1 is 1.50 bits per heavy atom. The van der Waals surface area contributed by atoms with Gasteiger partial charge in [0.25, 0.3) is 0 Å². The highest BCUT2D eigenvalue weighted by molar-refractivity contribution is 7.89. The van der Waals surface area contributed by atoms with Gasteiger partial charge in [0.05, 0.1) is 18.1 Å². The molecule has 1 saturated heterocycles. The van der Waals surface area contributed by atoms with Crippen LogP contribution in [0.1, 0.15) is 6.42 Å². The number of carboxylic acid groups (broad SMARTS) is 1. The monoisotopic (exact) mass is 333 g/mol. The highest BCUT2D eigenvalue weighted by Gasteiger charge is 2.20. The minimum atomic E-state index is -4.07. The van der Waals surface area contributed by atoms with Crippen LogP contribution in [0.2, 0.25) is 0 Å². The molecule has 0 aromatic heterocycles. The molecular formula is C13H16FNO6S. The van der Waals surface area contributed by atoms with E-state index in [2.05, 4.69) is 0 Å². The lowest BCUT2D eigenvalue weighted by Crippen LogP contribution is -2.29. The number of nitrogens with one attached hydrogen (secondary N) is 1. The fraction of sp³-hybridized carbons (Fsp3) is 0.462. The van der Waals surface area contributed by atoms with Crippen molar-refractivity contribution in [1.82, 2.24) is 4.72 Å². The summed E-state index contributed by atoms with van der Waals surface area (Å²) in [6.07, 6.45) is 0.840. The summed E-state index contributed by atoms with van der Waals surface area (Å²) in [6, 6.07) is 3.17. The molecular weight excluding hydrogens is 317 g/mol. The molecule has 0 bridgehead atoms. The van der Waals surface area contributed by atoms with Crippen molar-refractivity contribution in [2.75, 3.05) is 26.4 Å². The number of carbonyl (C=O) groups is 1. The van der Waals surface area contributed by atoms with Gasteiger partial charge in [0.15, 0.2) is 11.6 Å². The Kier molecular flexibility index (Phi) is 5.33. The molecule has 1 aromatic carbocycles. The van der Waals surface area contributed by atoms with E-state index >= 15 is 0 Å². The SMILES string of the molecule is O=C(O)CNS(=O)(=O)c1ccc(OCC2CCOC2)c(F)c1. The number of ether oxygens (including phenoxy) is 2. The third kappa shape index (κ3) is 4.39. The lowest BCUT2D eigenvalue weighted by molar-refractivity contribution is -0.135. The van der Waals surface area contributed by atoms with Crippen LogP contribution in [0.5, 0.6) is 5.75 Å². The number of benzene rings is 1. The van der Waals surface area contributed by atoms with Gasteiger partial charge in [0.1, 0.15) is 6.54 Å². The largest absolute Gasteiger partial charge is 0.490 e. The molecule has 2 rings (SSSR count). The maximum Gasteiger partial charge on any atom is 0.318 e. The Labute approximate surface area is 127 Å². The Balaban J connectivity index is 2.03. The molecule has 1 unspecified atom stereocenters. The molecule has 0 saturated carbocycles. The molecule has 7 nitrogen and oxygen atoms in total. The second kappa shape index (κ2) is 7.03. The van der Waals surface area contributed by atoms with Gasteiger partial charge >= 0.3 is 5.97 Å². The zero-order valence-electron chi connectivity index (χ0n) is 11.6. The van der Waals surface area contributed by atoms with Crippen LogP contribution in [0.15, 0.2) is 23.1 Å². The molecule has 22 heavy (non-hydrogen) atoms. The summed E-state index contributed by atoms with van der Waals surface area (Å²) in [7, 11) is -4.07. The van der Waals surface area contributed by atoms with E-state index in [1.54, 1.807) is 0 Å². The number of aliphatic carboxylic acids is 1. The lowest BCUT2D eigenvalue weighted by Gasteiger charge is -2.12. The standard InChI is InChI=1S/C13H16FNO6S/c14-11-5-10(22(18,19)15-6-13(16)17)1-2-12(11)21-8-9-3-4-20-7-9/h1-2,5,9,15H,3-4,6-8H2,(H,16,17). The zero-order valence-corrected chi connectivity index (χ0v) is 12.4. The first-order chi connectivity index (χ1) is 10.4. The van der Waals surface area contributed by atoms with Crippen molar-refractivity contribution < 1.29 is 32.2 Å². The van der Waals surface area contributed by atoms with Gasteiger partial charge in [0, 0.05) is 12.5 Å². The van der Waals surface area contributed by atoms with E-state index in [4.69, 9.17) is 14.6 Å². The smallest absolute Gasteiger partial charge is 0.318 e. The van der Waals surface area contributed by atoms with Crippen LogP contribution >= 0.6 is 0 Å². The molecule has 9 heteroatoms. The first kappa shape index (κ1) is 16.7. The molecule has 1 atom stereocenters. The van der Waals surface area contributed by atoms with Gasteiger partial charge in [0.2, 0.25) is 10.0 Å². The van der Waals surface area contributed by atoms with E-state index in [9.17, 15) is 17.6 Å². The van der Waals surface area contributed by atoms with Gasteiger partial charge in [-0.25, -0.2) is 12.8 Å². The molecule has 0 radical (unpaired) electrons. The molecule has 1 aromatic rings. The lowest BCUT2D eigenvalue weighted by atomic mass is 10.1. The summed E-state index contributed by atoms with van der Waals surface area (Å²) in [5.74, 6) is -2.01. The topological polar surface area (TPSA) is 102 Å². The third-order valence-electron chi connectivity index (χ3n) is 3.13. The van der Waals surface area contributed by atoms with Crippen molar-refractivity contribution in [1.29, 1.82) is 0 Å². The van der Waals surface area contributed by atoms with Crippen LogP contribution in [-0.4, -0.2) is 45.9 Å². The van der Waals surface area contributed by atoms with E-state index in [0.717, 1.165) is 18.6 Å². The molecule has 1 heterocycles. The minimum absolute atomic E-state index is 0.0518. The molecule has 0 amide bonds. The number of carboxylic acids is 1. The van der Waals surface area contributed by atoms with Crippen molar-refractivity contribution >= 4 is 16.0 Å². The predicted octanol–water partition coefficient (Wildman–Crippen LogP) is 0.604. The van der Waals surface area contributed by atoms with Gasteiger partial charge in [-0.05, 0) is 24.6 Å². The van der Waals surface area contributed by atoms with E-state index in [0.29, 0.717) is 19.8 Å². The van der Waals surface area contributed by atoms with Crippen LogP contribution < -0.4 is 9.46 Å². The summed E-state index contributed by atoms with van der Waals surface area (Å²) in [5.41, 5.74) is 0. The van der Waals surface area contributed by atoms with Crippen LogP contribution in [0.25, 0.3) is 0 Å². The highest BCUT2D eigenvalue weighted by Crippen LogP contribution is 2.22. The van der Waals surface area contributed by atoms with Crippen molar-refractivity contribution in [3.63, 3.8) is 0 Å². The maximum atomic E-state index is 13.9. The molecule has 1 aliphatic rings. The third-order valence-corrected chi connectivity index (χ3v) is 4.52. The normalized spacial score (nSPS) is 18.3. The van der Waals surface area contributed by atoms with Crippen molar-refractivity contribution in [2.45, 2.75) is 11.3 Å². The summed E-state index contributed by atoms with van der Waals surface area (Å²) in [4.78, 5) is 10.0. The van der Waals surface area contributed by atoms with Gasteiger partial charge in [-0.3, -0.25) is 4.79 Å². The Hall–Kier alpha value is -1.71. The fourth-order valence-corrected chi connectivity index (χ4v) is 2.91. The maximum absolute atomic E-state index is 13.9. The first-order valence-electron chi connectivity index (χ1n) is 6.60. The number of hydrogen-bond donors (Lipinski definition) is 2. The van der Waals surface area contributed by atoms with Crippen LogP contribution in [0.4, 0.5) is 4.39 Å². The second-order valence-electron chi connectivity index (χ2n) is 4.85. The predicted molar refractivity (Wildman–Crippen MR) is 73.6 cm³/mol. The van der Waals surface area contributed by atoms with E-state index < -0.39 is 28.4 Å². The van der Waals surface area contributed by atoms with Gasteiger partial charge < -0.3 is 14.6 Å². The zero-order chi connectivity index (χ0) is 16.2. The average Bonchev–Trinajstić information content (AvgIpc) is 2.97. The Bertz CT molecular complexity index is 642. The van der Waals surface area contributed by atoms with Gasteiger partial charge in [-0.1, -0.05) is 0 Å². The van der Waals surface area contributed by atoms with Gasteiger partial charge in [-0.15, -0.1) is 0 Å². The minimum Gasteiger partial charge on any atom is -0.490 e. The summed E-state index contributed by atoms with van der Waals surface area (Å²) >= 11 is 0. The molecule has 1 fully saturated rings. The highest BCUT2D eigenvalue weighted by atomic mass is 32.2. The average molecular weight is 333 g/mol. The Morgan fingerprint density at radius 3 is 2.86 bits per heavy atom. The van der Waals surface area contributed by atoms with Crippen molar-refractivity contribution in [2.24, 2.45) is 5.92 Å². The molecule has 1 aliphatic heterocycles. The summed E-state index contributed by atoms with van der Waals surface area (Å²) < 4.78 is 49.8. The molecule has 2 N–H and O–H groups in total. The number of halogens is 1. The first-order valence-corrected chi connectivity index (χ1v) is 8.08. The number of sulfonamides is 1. The number of hydrogen-bond acceptors (Lipinski definition) is 5.